The zero-order valence-electron chi connectivity index (χ0n) is 27.3. The van der Waals surface area contributed by atoms with E-state index < -0.39 is 5.95 Å². The minimum absolute atomic E-state index is 0.521. The van der Waals surface area contributed by atoms with Crippen molar-refractivity contribution in [1.82, 2.24) is 19.9 Å². The molecule has 0 bridgehead atoms. The van der Waals surface area contributed by atoms with E-state index in [1.807, 2.05) is 56.7 Å². The van der Waals surface area contributed by atoms with Crippen LogP contribution in [0.2, 0.25) is 5.02 Å². The Bertz CT molecular complexity index is 1850. The third-order valence-electron chi connectivity index (χ3n) is 6.89. The Morgan fingerprint density at radius 2 is 1.23 bits per heavy atom. The van der Waals surface area contributed by atoms with Gasteiger partial charge in [-0.15, -0.1) is 0 Å². The molecule has 0 amide bonds. The summed E-state index contributed by atoms with van der Waals surface area (Å²) >= 11 is 9.47. The van der Waals surface area contributed by atoms with Gasteiger partial charge >= 0.3 is 0 Å². The van der Waals surface area contributed by atoms with Crippen LogP contribution in [0.25, 0.3) is 43.1 Å². The molecule has 0 aliphatic carbocycles. The summed E-state index contributed by atoms with van der Waals surface area (Å²) in [5.74, 6) is -0.521. The fourth-order valence-electron chi connectivity index (χ4n) is 4.65. The summed E-state index contributed by atoms with van der Waals surface area (Å²) in [6.07, 6.45) is 11.1. The summed E-state index contributed by atoms with van der Waals surface area (Å²) < 4.78 is 13.7. The van der Waals surface area contributed by atoms with Crippen molar-refractivity contribution in [3.05, 3.63) is 108 Å². The van der Waals surface area contributed by atoms with Gasteiger partial charge in [-0.25, -0.2) is 15.0 Å². The van der Waals surface area contributed by atoms with Crippen LogP contribution in [0.5, 0.6) is 0 Å². The van der Waals surface area contributed by atoms with E-state index in [1.54, 1.807) is 17.5 Å². The Kier molecular flexibility index (Phi) is 13.8. The average molecular weight is 687 g/mol. The molecule has 47 heavy (non-hydrogen) atoms. The average Bonchev–Trinajstić information content (AvgIpc) is 3.79. The molecule has 4 aromatic heterocycles. The van der Waals surface area contributed by atoms with Gasteiger partial charge in [0.1, 0.15) is 0 Å². The number of hydrogen-bond donors (Lipinski definition) is 2. The summed E-state index contributed by atoms with van der Waals surface area (Å²) in [4.78, 5) is 19.0. The maximum absolute atomic E-state index is 13.7. The number of aromatic nitrogens is 4. The topological polar surface area (TPSA) is 75.6 Å². The summed E-state index contributed by atoms with van der Waals surface area (Å²) in [5, 5.41) is 9.00. The highest BCUT2D eigenvalue weighted by Crippen LogP contribution is 2.39. The van der Waals surface area contributed by atoms with Gasteiger partial charge in [-0.3, -0.25) is 4.98 Å². The van der Waals surface area contributed by atoms with Crippen LogP contribution in [0.15, 0.2) is 91.6 Å². The Labute approximate surface area is 290 Å². The number of nitrogens with zero attached hydrogens (tertiary/aromatic N) is 4. The maximum atomic E-state index is 13.7. The van der Waals surface area contributed by atoms with Crippen molar-refractivity contribution in [2.75, 3.05) is 23.7 Å². The summed E-state index contributed by atoms with van der Waals surface area (Å²) in [7, 11) is 0. The molecule has 2 N–H and O–H groups in total. The van der Waals surface area contributed by atoms with E-state index >= 15 is 0 Å². The first-order chi connectivity index (χ1) is 23.0. The van der Waals surface area contributed by atoms with E-state index in [4.69, 9.17) is 11.6 Å². The molecule has 244 valence electrons. The molecule has 0 aliphatic heterocycles. The van der Waals surface area contributed by atoms with Crippen LogP contribution in [-0.4, -0.2) is 33.0 Å². The van der Waals surface area contributed by atoms with E-state index in [2.05, 4.69) is 81.7 Å². The number of thiazole rings is 2. The summed E-state index contributed by atoms with van der Waals surface area (Å²) in [6.45, 7) is 12.2. The largest absolute Gasteiger partial charge is 0.362 e. The number of anilines is 2. The molecule has 4 heterocycles. The van der Waals surface area contributed by atoms with Crippen LogP contribution in [0.3, 0.4) is 0 Å². The highest BCUT2D eigenvalue weighted by molar-refractivity contribution is 7.19. The molecular formula is C37H40ClFN6S2. The third-order valence-corrected chi connectivity index (χ3v) is 9.19. The van der Waals surface area contributed by atoms with Crippen molar-refractivity contribution in [2.45, 2.75) is 47.5 Å². The minimum Gasteiger partial charge on any atom is -0.362 e. The quantitative estimate of drug-likeness (QED) is 0.140. The predicted octanol–water partition coefficient (Wildman–Crippen LogP) is 11.5. The number of nitrogens with one attached hydrogen (secondary N) is 2. The van der Waals surface area contributed by atoms with Crippen molar-refractivity contribution >= 4 is 44.5 Å². The van der Waals surface area contributed by atoms with Crippen LogP contribution in [-0.2, 0) is 0 Å². The SMILES string of the molecule is CC.CCCNc1ncc(-c2cc(F)ncc2-c2ccccc2Cl)s1.CCCNc1ncc(-c2ccncc2-c2ccccc2C)s1. The Balaban J connectivity index is 0.000000202. The molecule has 0 saturated heterocycles. The lowest BCUT2D eigenvalue weighted by molar-refractivity contribution is 0.585. The second-order valence-electron chi connectivity index (χ2n) is 10.2. The molecular weight excluding hydrogens is 647 g/mol. The molecule has 2 aromatic carbocycles. The van der Waals surface area contributed by atoms with Crippen LogP contribution >= 0.6 is 34.3 Å². The van der Waals surface area contributed by atoms with Gasteiger partial charge in [0.15, 0.2) is 10.3 Å². The van der Waals surface area contributed by atoms with Gasteiger partial charge in [0.25, 0.3) is 0 Å². The number of benzene rings is 2. The van der Waals surface area contributed by atoms with Gasteiger partial charge in [-0.2, -0.15) is 4.39 Å². The van der Waals surface area contributed by atoms with Gasteiger partial charge in [0.2, 0.25) is 5.95 Å². The summed E-state index contributed by atoms with van der Waals surface area (Å²) in [5.41, 5.74) is 7.19. The van der Waals surface area contributed by atoms with Crippen molar-refractivity contribution in [2.24, 2.45) is 0 Å². The van der Waals surface area contributed by atoms with E-state index in [1.165, 1.54) is 45.2 Å². The molecule has 0 spiro atoms. The third kappa shape index (κ3) is 9.44. The molecule has 6 aromatic rings. The highest BCUT2D eigenvalue weighted by Gasteiger charge is 2.15. The van der Waals surface area contributed by atoms with Gasteiger partial charge in [-0.1, -0.05) is 104 Å². The molecule has 0 atom stereocenters. The number of aryl methyl sites for hydroxylation is 1. The Morgan fingerprint density at radius 3 is 1.85 bits per heavy atom. The van der Waals surface area contributed by atoms with Crippen molar-refractivity contribution in [1.29, 1.82) is 0 Å². The summed E-state index contributed by atoms with van der Waals surface area (Å²) in [6, 6.07) is 19.4. The molecule has 0 aliphatic rings. The first-order valence-corrected chi connectivity index (χ1v) is 17.8. The van der Waals surface area contributed by atoms with Crippen molar-refractivity contribution < 1.29 is 4.39 Å². The van der Waals surface area contributed by atoms with E-state index in [0.717, 1.165) is 63.3 Å². The lowest BCUT2D eigenvalue weighted by Gasteiger charge is -2.09. The van der Waals surface area contributed by atoms with Gasteiger partial charge in [0, 0.05) is 83.0 Å². The normalized spacial score (nSPS) is 10.4. The van der Waals surface area contributed by atoms with Gasteiger partial charge in [0.05, 0.1) is 9.75 Å². The zero-order valence-corrected chi connectivity index (χ0v) is 29.7. The molecule has 0 saturated carbocycles. The molecule has 6 nitrogen and oxygen atoms in total. The highest BCUT2D eigenvalue weighted by atomic mass is 35.5. The number of hydrogen-bond acceptors (Lipinski definition) is 8. The second kappa shape index (κ2) is 18.2. The number of rotatable bonds is 10. The maximum Gasteiger partial charge on any atom is 0.213 e. The second-order valence-corrected chi connectivity index (χ2v) is 12.7. The number of pyridine rings is 2. The van der Waals surface area contributed by atoms with E-state index in [9.17, 15) is 4.39 Å². The van der Waals surface area contributed by atoms with Gasteiger partial charge in [-0.05, 0) is 43.0 Å². The van der Waals surface area contributed by atoms with Crippen LogP contribution in [0.4, 0.5) is 14.7 Å². The standard InChI is InChI=1S/C18H19N3S.C17H15ClFN3S.C2H6/c1-3-9-20-18-21-12-17(22-18)15-8-10-19-11-16(15)14-7-5-4-6-13(14)2;1-2-7-20-17-22-10-15(23-17)12-8-16(19)21-9-13(12)11-5-3-4-6-14(11)18;1-2/h4-8,10-12H,3,9H2,1-2H3,(H,20,21);3-6,8-10H,2,7H2,1H3,(H,20,22);1-2H3. The van der Waals surface area contributed by atoms with Crippen LogP contribution in [0.1, 0.15) is 46.1 Å². The fourth-order valence-corrected chi connectivity index (χ4v) is 6.64. The Hall–Kier alpha value is -4.18. The van der Waals surface area contributed by atoms with Crippen LogP contribution in [0, 0.1) is 12.9 Å². The molecule has 0 fully saturated rings. The predicted molar refractivity (Wildman–Crippen MR) is 200 cm³/mol. The van der Waals surface area contributed by atoms with Gasteiger partial charge < -0.3 is 10.6 Å². The molecule has 0 radical (unpaired) electrons. The van der Waals surface area contributed by atoms with Crippen molar-refractivity contribution in [3.63, 3.8) is 0 Å². The lowest BCUT2D eigenvalue weighted by Crippen LogP contribution is -1.97. The Morgan fingerprint density at radius 1 is 0.660 bits per heavy atom. The van der Waals surface area contributed by atoms with Crippen molar-refractivity contribution in [3.8, 4) is 43.1 Å². The molecule has 0 unspecified atom stereocenters. The van der Waals surface area contributed by atoms with E-state index in [-0.39, 0.29) is 0 Å². The first kappa shape index (κ1) is 35.7. The molecule has 6 rings (SSSR count). The minimum atomic E-state index is -0.521. The van der Waals surface area contributed by atoms with E-state index in [0.29, 0.717) is 5.02 Å². The molecule has 10 heteroatoms. The fraction of sp³-hybridized carbons (Fsp3) is 0.243. The smallest absolute Gasteiger partial charge is 0.213 e. The van der Waals surface area contributed by atoms with Crippen LogP contribution < -0.4 is 10.6 Å². The monoisotopic (exact) mass is 686 g/mol. The first-order valence-electron chi connectivity index (χ1n) is 15.8. The lowest BCUT2D eigenvalue weighted by atomic mass is 9.97. The number of halogens is 2. The zero-order chi connectivity index (χ0) is 33.6.